The Morgan fingerprint density at radius 1 is 1.39 bits per heavy atom. The first-order chi connectivity index (χ1) is 10.6. The van der Waals surface area contributed by atoms with Crippen LogP contribution in [-0.2, 0) is 19.6 Å². The SMILES string of the molecule is COC(=O)c1cc(S(=O)(=O)N[C@H](CC(C)C)C(=O)O)cnc1C. The molecule has 0 unspecified atom stereocenters. The monoisotopic (exact) mass is 344 g/mol. The normalized spacial score (nSPS) is 12.9. The fraction of sp³-hybridized carbons (Fsp3) is 0.500. The molecular formula is C14H20N2O6S. The van der Waals surface area contributed by atoms with Crippen molar-refractivity contribution in [3.63, 3.8) is 0 Å². The number of methoxy groups -OCH3 is 1. The number of carbonyl (C=O) groups excluding carboxylic acids is 1. The Morgan fingerprint density at radius 3 is 2.48 bits per heavy atom. The number of aryl methyl sites for hydroxylation is 1. The zero-order valence-electron chi connectivity index (χ0n) is 13.4. The number of hydrogen-bond acceptors (Lipinski definition) is 6. The minimum Gasteiger partial charge on any atom is -0.480 e. The van der Waals surface area contributed by atoms with Crippen molar-refractivity contribution in [2.24, 2.45) is 5.92 Å². The molecule has 0 aliphatic rings. The summed E-state index contributed by atoms with van der Waals surface area (Å²) in [6, 6.07) is -0.145. The van der Waals surface area contributed by atoms with E-state index in [1.165, 1.54) is 14.0 Å². The summed E-state index contributed by atoms with van der Waals surface area (Å²) in [5, 5.41) is 9.14. The molecule has 0 bridgehead atoms. The highest BCUT2D eigenvalue weighted by atomic mass is 32.2. The first kappa shape index (κ1) is 19.0. The number of pyridine rings is 1. The van der Waals surface area contributed by atoms with Gasteiger partial charge in [-0.1, -0.05) is 13.8 Å². The molecule has 0 saturated carbocycles. The first-order valence-electron chi connectivity index (χ1n) is 6.88. The molecule has 0 aliphatic heterocycles. The van der Waals surface area contributed by atoms with E-state index in [1.54, 1.807) is 13.8 Å². The second kappa shape index (κ2) is 7.51. The van der Waals surface area contributed by atoms with Crippen LogP contribution in [0.2, 0.25) is 0 Å². The highest BCUT2D eigenvalue weighted by molar-refractivity contribution is 7.89. The summed E-state index contributed by atoms with van der Waals surface area (Å²) in [5.74, 6) is -2.00. The predicted octanol–water partition coefficient (Wildman–Crippen LogP) is 0.954. The van der Waals surface area contributed by atoms with Gasteiger partial charge in [-0.2, -0.15) is 4.72 Å². The van der Waals surface area contributed by atoms with Gasteiger partial charge in [0.2, 0.25) is 10.0 Å². The van der Waals surface area contributed by atoms with Gasteiger partial charge in [0.1, 0.15) is 10.9 Å². The van der Waals surface area contributed by atoms with Gasteiger partial charge in [0.25, 0.3) is 0 Å². The lowest BCUT2D eigenvalue weighted by atomic mass is 10.1. The number of esters is 1. The molecule has 1 atom stereocenters. The summed E-state index contributed by atoms with van der Waals surface area (Å²) in [5.41, 5.74) is 0.318. The predicted molar refractivity (Wildman–Crippen MR) is 81.5 cm³/mol. The Morgan fingerprint density at radius 2 is 2.00 bits per heavy atom. The highest BCUT2D eigenvalue weighted by Crippen LogP contribution is 2.16. The number of ether oxygens (including phenoxy) is 1. The van der Waals surface area contributed by atoms with Crippen molar-refractivity contribution in [3.8, 4) is 0 Å². The lowest BCUT2D eigenvalue weighted by molar-refractivity contribution is -0.139. The van der Waals surface area contributed by atoms with Gasteiger partial charge < -0.3 is 9.84 Å². The lowest BCUT2D eigenvalue weighted by Gasteiger charge is -2.17. The van der Waals surface area contributed by atoms with Gasteiger partial charge in [-0.3, -0.25) is 9.78 Å². The molecule has 2 N–H and O–H groups in total. The van der Waals surface area contributed by atoms with E-state index in [2.05, 4.69) is 14.4 Å². The average Bonchev–Trinajstić information content (AvgIpc) is 2.45. The number of hydrogen-bond donors (Lipinski definition) is 2. The van der Waals surface area contributed by atoms with Crippen LogP contribution in [0.3, 0.4) is 0 Å². The van der Waals surface area contributed by atoms with Gasteiger partial charge in [0.15, 0.2) is 0 Å². The number of aliphatic carboxylic acids is 1. The Kier molecular flexibility index (Phi) is 6.22. The molecule has 23 heavy (non-hydrogen) atoms. The van der Waals surface area contributed by atoms with Crippen LogP contribution in [0.4, 0.5) is 0 Å². The average molecular weight is 344 g/mol. The van der Waals surface area contributed by atoms with Gasteiger partial charge >= 0.3 is 11.9 Å². The number of nitrogens with one attached hydrogen (secondary N) is 1. The van der Waals surface area contributed by atoms with E-state index in [9.17, 15) is 18.0 Å². The van der Waals surface area contributed by atoms with Crippen LogP contribution in [0.1, 0.15) is 36.3 Å². The minimum atomic E-state index is -4.13. The van der Waals surface area contributed by atoms with Gasteiger partial charge in [-0.05, 0) is 25.3 Å². The molecule has 9 heteroatoms. The van der Waals surface area contributed by atoms with Crippen molar-refractivity contribution in [2.75, 3.05) is 7.11 Å². The standard InChI is InChI=1S/C14H20N2O6S/c1-8(2)5-12(13(17)18)16-23(20,21)10-6-11(14(19)22-4)9(3)15-7-10/h6-8,12,16H,5H2,1-4H3,(H,17,18)/t12-/m1/s1. The summed E-state index contributed by atoms with van der Waals surface area (Å²) in [7, 11) is -2.96. The van der Waals surface area contributed by atoms with E-state index in [0.29, 0.717) is 5.69 Å². The first-order valence-corrected chi connectivity index (χ1v) is 8.37. The van der Waals surface area contributed by atoms with Crippen molar-refractivity contribution in [1.29, 1.82) is 0 Å². The number of rotatable bonds is 7. The zero-order valence-corrected chi connectivity index (χ0v) is 14.2. The van der Waals surface area contributed by atoms with Crippen molar-refractivity contribution < 1.29 is 27.9 Å². The van der Waals surface area contributed by atoms with Crippen LogP contribution >= 0.6 is 0 Å². The maximum atomic E-state index is 12.3. The molecule has 1 heterocycles. The number of sulfonamides is 1. The third-order valence-corrected chi connectivity index (χ3v) is 4.52. The maximum Gasteiger partial charge on any atom is 0.339 e. The molecule has 0 fully saturated rings. The third kappa shape index (κ3) is 5.00. The van der Waals surface area contributed by atoms with Crippen LogP contribution in [0.25, 0.3) is 0 Å². The van der Waals surface area contributed by atoms with Crippen molar-refractivity contribution in [1.82, 2.24) is 9.71 Å². The lowest BCUT2D eigenvalue weighted by Crippen LogP contribution is -2.41. The number of carbonyl (C=O) groups is 2. The fourth-order valence-electron chi connectivity index (χ4n) is 1.90. The molecule has 0 aromatic carbocycles. The maximum absolute atomic E-state index is 12.3. The number of carboxylic acids is 1. The number of carboxylic acid groups (broad SMARTS) is 1. The van der Waals surface area contributed by atoms with Crippen molar-refractivity contribution in [3.05, 3.63) is 23.5 Å². The Balaban J connectivity index is 3.17. The van der Waals surface area contributed by atoms with E-state index in [4.69, 9.17) is 5.11 Å². The molecule has 0 amide bonds. The number of aromatic nitrogens is 1. The quantitative estimate of drug-likeness (QED) is 0.706. The van der Waals surface area contributed by atoms with E-state index in [-0.39, 0.29) is 22.8 Å². The van der Waals surface area contributed by atoms with E-state index in [0.717, 1.165) is 12.3 Å². The Labute approximate surface area is 134 Å². The zero-order chi connectivity index (χ0) is 17.8. The summed E-state index contributed by atoms with van der Waals surface area (Å²) in [6.45, 7) is 5.11. The summed E-state index contributed by atoms with van der Waals surface area (Å²) in [4.78, 5) is 26.4. The molecular weight excluding hydrogens is 324 g/mol. The molecule has 0 radical (unpaired) electrons. The minimum absolute atomic E-state index is 0.00566. The molecule has 128 valence electrons. The molecule has 0 saturated heterocycles. The fourth-order valence-corrected chi connectivity index (χ4v) is 3.08. The molecule has 1 aromatic rings. The van der Waals surface area contributed by atoms with Crippen LogP contribution in [0.5, 0.6) is 0 Å². The number of nitrogens with zero attached hydrogens (tertiary/aromatic N) is 1. The van der Waals surface area contributed by atoms with Crippen LogP contribution in [0, 0.1) is 12.8 Å². The topological polar surface area (TPSA) is 123 Å². The van der Waals surface area contributed by atoms with E-state index in [1.807, 2.05) is 0 Å². The molecule has 8 nitrogen and oxygen atoms in total. The summed E-state index contributed by atoms with van der Waals surface area (Å²) < 4.78 is 31.4. The Hall–Kier alpha value is -2.00. The van der Waals surface area contributed by atoms with Crippen LogP contribution < -0.4 is 4.72 Å². The van der Waals surface area contributed by atoms with Gasteiger partial charge in [-0.15, -0.1) is 0 Å². The molecule has 0 spiro atoms. The molecule has 0 aliphatic carbocycles. The van der Waals surface area contributed by atoms with Gasteiger partial charge in [-0.25, -0.2) is 13.2 Å². The van der Waals surface area contributed by atoms with Crippen LogP contribution in [0.15, 0.2) is 17.2 Å². The van der Waals surface area contributed by atoms with Gasteiger partial charge in [0, 0.05) is 6.20 Å². The summed E-state index contributed by atoms with van der Waals surface area (Å²) in [6.07, 6.45) is 1.20. The van der Waals surface area contributed by atoms with Gasteiger partial charge in [0.05, 0.1) is 18.4 Å². The highest BCUT2D eigenvalue weighted by Gasteiger charge is 2.27. The molecule has 1 rings (SSSR count). The third-order valence-electron chi connectivity index (χ3n) is 3.08. The largest absolute Gasteiger partial charge is 0.480 e. The Bertz CT molecular complexity index is 699. The van der Waals surface area contributed by atoms with E-state index >= 15 is 0 Å². The summed E-state index contributed by atoms with van der Waals surface area (Å²) >= 11 is 0. The van der Waals surface area contributed by atoms with Crippen molar-refractivity contribution >= 4 is 22.0 Å². The van der Waals surface area contributed by atoms with Crippen LogP contribution in [-0.4, -0.2) is 43.6 Å². The smallest absolute Gasteiger partial charge is 0.339 e. The van der Waals surface area contributed by atoms with E-state index < -0.39 is 28.0 Å². The molecule has 1 aromatic heterocycles. The second-order valence-electron chi connectivity index (χ2n) is 5.44. The van der Waals surface area contributed by atoms with Crippen molar-refractivity contribution in [2.45, 2.75) is 38.1 Å². The second-order valence-corrected chi connectivity index (χ2v) is 7.15.